The number of piperazine rings is 1. The predicted octanol–water partition coefficient (Wildman–Crippen LogP) is -3.44. The number of hydrogen-bond donors (Lipinski definition) is 1. The number of benzene rings is 1. The molecule has 9 heteroatoms. The number of carbonyl (C=O) groups is 1. The van der Waals surface area contributed by atoms with Gasteiger partial charge < -0.3 is 22.5 Å². The monoisotopic (exact) mass is 398 g/mol. The van der Waals surface area contributed by atoms with Gasteiger partial charge in [0.2, 0.25) is 10.0 Å². The van der Waals surface area contributed by atoms with E-state index < -0.39 is 22.0 Å². The molecule has 118 valence electrons. The zero-order valence-corrected chi connectivity index (χ0v) is 14.5. The average molecular weight is 400 g/mol. The number of hydrogen-bond acceptors (Lipinski definition) is 4. The lowest BCUT2D eigenvalue weighted by Gasteiger charge is -2.31. The zero-order valence-electron chi connectivity index (χ0n) is 11.3. The van der Waals surface area contributed by atoms with E-state index in [1.807, 2.05) is 5.32 Å². The number of quaternary nitrogens is 1. The smallest absolute Gasteiger partial charge is 0.330 e. The fourth-order valence-corrected chi connectivity index (χ4v) is 4.02. The summed E-state index contributed by atoms with van der Waals surface area (Å²) in [5.74, 6) is -0.526. The summed E-state index contributed by atoms with van der Waals surface area (Å²) in [6.07, 6.45) is 0. The molecule has 0 saturated carbocycles. The van der Waals surface area contributed by atoms with Crippen LogP contribution in [-0.4, -0.2) is 51.5 Å². The zero-order chi connectivity index (χ0) is 14.8. The highest BCUT2D eigenvalue weighted by Crippen LogP contribution is 2.21. The van der Waals surface area contributed by atoms with Crippen LogP contribution in [0.4, 0.5) is 0 Å². The topological polar surface area (TPSA) is 80.3 Å². The number of nitrogens with zero attached hydrogens (tertiary/aromatic N) is 1. The van der Waals surface area contributed by atoms with Crippen molar-refractivity contribution in [3.05, 3.63) is 28.7 Å². The van der Waals surface area contributed by atoms with E-state index in [9.17, 15) is 13.2 Å². The SMILES string of the molecule is COC(=O)C1C[NH2+]CCN1S(=O)(=O)c1ccc(Br)cc1.[Cl-]. The van der Waals surface area contributed by atoms with Gasteiger partial charge in [-0.3, -0.25) is 4.79 Å². The van der Waals surface area contributed by atoms with Gasteiger partial charge in [0.25, 0.3) is 0 Å². The Morgan fingerprint density at radius 2 is 2.00 bits per heavy atom. The van der Waals surface area contributed by atoms with Gasteiger partial charge >= 0.3 is 5.97 Å². The number of sulfonamides is 1. The minimum absolute atomic E-state index is 0. The molecule has 0 bridgehead atoms. The lowest BCUT2D eigenvalue weighted by molar-refractivity contribution is -0.665. The van der Waals surface area contributed by atoms with Crippen LogP contribution in [0.3, 0.4) is 0 Å². The van der Waals surface area contributed by atoms with Crippen molar-refractivity contribution < 1.29 is 35.7 Å². The van der Waals surface area contributed by atoms with Crippen molar-refractivity contribution in [3.8, 4) is 0 Å². The summed E-state index contributed by atoms with van der Waals surface area (Å²) in [6, 6.07) is 5.59. The van der Waals surface area contributed by atoms with Gasteiger partial charge in [-0.05, 0) is 24.3 Å². The molecule has 0 spiro atoms. The fraction of sp³-hybridized carbons (Fsp3) is 0.417. The van der Waals surface area contributed by atoms with Gasteiger partial charge in [-0.1, -0.05) is 15.9 Å². The Kier molecular flexibility index (Phi) is 6.61. The van der Waals surface area contributed by atoms with Crippen LogP contribution in [0.1, 0.15) is 0 Å². The van der Waals surface area contributed by atoms with Gasteiger partial charge in [-0.15, -0.1) is 0 Å². The van der Waals surface area contributed by atoms with Crippen LogP contribution in [0.15, 0.2) is 33.6 Å². The molecular weight excluding hydrogens is 384 g/mol. The molecule has 2 N–H and O–H groups in total. The number of rotatable bonds is 3. The second-order valence-electron chi connectivity index (χ2n) is 4.42. The first-order chi connectivity index (χ1) is 9.46. The maximum absolute atomic E-state index is 12.6. The highest BCUT2D eigenvalue weighted by Gasteiger charge is 2.40. The first kappa shape index (κ1) is 18.4. The highest BCUT2D eigenvalue weighted by molar-refractivity contribution is 9.10. The van der Waals surface area contributed by atoms with Crippen molar-refractivity contribution in [1.82, 2.24) is 4.31 Å². The number of halogens is 2. The van der Waals surface area contributed by atoms with Gasteiger partial charge in [0.15, 0.2) is 6.04 Å². The van der Waals surface area contributed by atoms with E-state index in [-0.39, 0.29) is 23.8 Å². The van der Waals surface area contributed by atoms with Crippen molar-refractivity contribution in [1.29, 1.82) is 0 Å². The Balaban J connectivity index is 0.00000220. The number of esters is 1. The van der Waals surface area contributed by atoms with Crippen molar-refractivity contribution in [2.24, 2.45) is 0 Å². The van der Waals surface area contributed by atoms with Gasteiger partial charge in [0.1, 0.15) is 6.54 Å². The van der Waals surface area contributed by atoms with Crippen LogP contribution in [0.25, 0.3) is 0 Å². The lowest BCUT2D eigenvalue weighted by Crippen LogP contribution is -3.00. The van der Waals surface area contributed by atoms with Crippen LogP contribution in [-0.2, 0) is 19.6 Å². The van der Waals surface area contributed by atoms with E-state index in [1.54, 1.807) is 12.1 Å². The molecule has 1 aromatic rings. The quantitative estimate of drug-likeness (QED) is 0.537. The minimum atomic E-state index is -3.69. The highest BCUT2D eigenvalue weighted by atomic mass is 79.9. The molecule has 0 amide bonds. The predicted molar refractivity (Wildman–Crippen MR) is 75.5 cm³/mol. The fourth-order valence-electron chi connectivity index (χ4n) is 2.15. The van der Waals surface area contributed by atoms with E-state index in [4.69, 9.17) is 4.74 Å². The molecular formula is C12H16BrClN2O4S. The second-order valence-corrected chi connectivity index (χ2v) is 7.23. The molecule has 0 aromatic heterocycles. The molecule has 21 heavy (non-hydrogen) atoms. The Labute approximate surface area is 138 Å². The van der Waals surface area contributed by atoms with Crippen LogP contribution >= 0.6 is 15.9 Å². The molecule has 1 fully saturated rings. The Morgan fingerprint density at radius 1 is 1.38 bits per heavy atom. The summed E-state index contributed by atoms with van der Waals surface area (Å²) in [4.78, 5) is 11.9. The van der Waals surface area contributed by atoms with Gasteiger partial charge in [0, 0.05) is 4.47 Å². The summed E-state index contributed by atoms with van der Waals surface area (Å²) >= 11 is 3.27. The summed E-state index contributed by atoms with van der Waals surface area (Å²) in [7, 11) is -2.43. The summed E-state index contributed by atoms with van der Waals surface area (Å²) < 4.78 is 32.0. The normalized spacial score (nSPS) is 19.6. The molecule has 1 unspecified atom stereocenters. The molecule has 0 radical (unpaired) electrons. The average Bonchev–Trinajstić information content (AvgIpc) is 2.47. The van der Waals surface area contributed by atoms with E-state index in [0.717, 1.165) is 4.47 Å². The van der Waals surface area contributed by atoms with Crippen molar-refractivity contribution in [2.45, 2.75) is 10.9 Å². The molecule has 0 aliphatic carbocycles. The molecule has 2 rings (SSSR count). The van der Waals surface area contributed by atoms with Crippen LogP contribution < -0.4 is 17.7 Å². The van der Waals surface area contributed by atoms with Crippen LogP contribution in [0, 0.1) is 0 Å². The third-order valence-electron chi connectivity index (χ3n) is 3.18. The first-order valence-corrected chi connectivity index (χ1v) is 8.37. The molecule has 1 aliphatic heterocycles. The molecule has 6 nitrogen and oxygen atoms in total. The van der Waals surface area contributed by atoms with Crippen molar-refractivity contribution >= 4 is 31.9 Å². The minimum Gasteiger partial charge on any atom is -1.00 e. The third-order valence-corrected chi connectivity index (χ3v) is 5.64. The Bertz CT molecular complexity index is 594. The Hall–Kier alpha value is -0.670. The summed E-state index contributed by atoms with van der Waals surface area (Å²) in [5.41, 5.74) is 0. The lowest BCUT2D eigenvalue weighted by atomic mass is 10.2. The van der Waals surface area contributed by atoms with E-state index in [0.29, 0.717) is 13.1 Å². The number of carbonyl (C=O) groups excluding carboxylic acids is 1. The van der Waals surface area contributed by atoms with Crippen LogP contribution in [0.2, 0.25) is 0 Å². The van der Waals surface area contributed by atoms with Crippen molar-refractivity contribution in [3.63, 3.8) is 0 Å². The third kappa shape index (κ3) is 3.95. The van der Waals surface area contributed by atoms with E-state index in [2.05, 4.69) is 15.9 Å². The number of nitrogens with two attached hydrogens (primary N) is 1. The molecule has 1 aromatic carbocycles. The maximum atomic E-state index is 12.6. The van der Waals surface area contributed by atoms with Gasteiger partial charge in [-0.25, -0.2) is 8.42 Å². The number of methoxy groups -OCH3 is 1. The second kappa shape index (κ2) is 7.55. The first-order valence-electron chi connectivity index (χ1n) is 6.13. The number of ether oxygens (including phenoxy) is 1. The molecule has 1 atom stereocenters. The Morgan fingerprint density at radius 3 is 2.57 bits per heavy atom. The largest absolute Gasteiger partial charge is 1.00 e. The van der Waals surface area contributed by atoms with E-state index >= 15 is 0 Å². The van der Waals surface area contributed by atoms with E-state index in [1.165, 1.54) is 23.5 Å². The van der Waals surface area contributed by atoms with Crippen LogP contribution in [0.5, 0.6) is 0 Å². The maximum Gasteiger partial charge on any atom is 0.330 e. The molecule has 1 heterocycles. The van der Waals surface area contributed by atoms with Gasteiger partial charge in [-0.2, -0.15) is 4.31 Å². The molecule has 1 saturated heterocycles. The molecule has 1 aliphatic rings. The van der Waals surface area contributed by atoms with Crippen molar-refractivity contribution in [2.75, 3.05) is 26.7 Å². The van der Waals surface area contributed by atoms with Gasteiger partial charge in [0.05, 0.1) is 25.1 Å². The summed E-state index contributed by atoms with van der Waals surface area (Å²) in [5, 5.41) is 1.91. The standard InChI is InChI=1S/C12H15BrN2O4S.ClH/c1-19-12(16)11-8-14-6-7-15(11)20(17,18)10-4-2-9(13)3-5-10;/h2-5,11,14H,6-8H2,1H3;1H. The summed E-state index contributed by atoms with van der Waals surface area (Å²) in [6.45, 7) is 1.30.